The number of hydrogen-bond acceptors (Lipinski definition) is 6. The van der Waals surface area contributed by atoms with E-state index in [-0.39, 0.29) is 0 Å². The number of rotatable bonds is 6. The molecule has 17 heavy (non-hydrogen) atoms. The normalized spacial score (nSPS) is 18.7. The van der Waals surface area contributed by atoms with Gasteiger partial charge in [0.1, 0.15) is 0 Å². The molecule has 96 valence electrons. The summed E-state index contributed by atoms with van der Waals surface area (Å²) in [6.07, 6.45) is 7.54. The van der Waals surface area contributed by atoms with Crippen LogP contribution in [0.3, 0.4) is 0 Å². The Labute approximate surface area is 116 Å². The highest BCUT2D eigenvalue weighted by Crippen LogP contribution is 2.30. The summed E-state index contributed by atoms with van der Waals surface area (Å²) in [6.45, 7) is 3.33. The average Bonchev–Trinajstić information content (AvgIpc) is 2.97. The van der Waals surface area contributed by atoms with Crippen LogP contribution in [-0.4, -0.2) is 34.3 Å². The second-order valence-corrected chi connectivity index (χ2v) is 8.07. The molecule has 0 radical (unpaired) electrons. The van der Waals surface area contributed by atoms with Crippen molar-refractivity contribution >= 4 is 34.9 Å². The van der Waals surface area contributed by atoms with Gasteiger partial charge in [0.05, 0.1) is 0 Å². The zero-order valence-corrected chi connectivity index (χ0v) is 12.8. The van der Waals surface area contributed by atoms with Crippen molar-refractivity contribution in [3.63, 3.8) is 0 Å². The molecule has 0 saturated heterocycles. The van der Waals surface area contributed by atoms with Gasteiger partial charge in [0.25, 0.3) is 0 Å². The first kappa shape index (κ1) is 13.6. The van der Waals surface area contributed by atoms with Crippen LogP contribution < -0.4 is 5.32 Å². The maximum atomic E-state index is 4.19. The summed E-state index contributed by atoms with van der Waals surface area (Å²) in [5.41, 5.74) is 0. The second-order valence-electron chi connectivity index (χ2n) is 4.36. The Morgan fingerprint density at radius 3 is 2.71 bits per heavy atom. The molecule has 1 unspecified atom stereocenters. The molecule has 1 saturated carbocycles. The summed E-state index contributed by atoms with van der Waals surface area (Å²) in [6, 6.07) is 0.759. The first-order valence-corrected chi connectivity index (χ1v) is 8.97. The van der Waals surface area contributed by atoms with Gasteiger partial charge in [0.15, 0.2) is 8.68 Å². The van der Waals surface area contributed by atoms with Gasteiger partial charge in [-0.2, -0.15) is 0 Å². The van der Waals surface area contributed by atoms with Gasteiger partial charge in [0, 0.05) is 17.8 Å². The van der Waals surface area contributed by atoms with Crippen LogP contribution in [0.25, 0.3) is 0 Å². The number of nitrogens with one attached hydrogen (secondary N) is 1. The Morgan fingerprint density at radius 2 is 2.06 bits per heavy atom. The monoisotopic (exact) mass is 289 g/mol. The summed E-state index contributed by atoms with van der Waals surface area (Å²) in [7, 11) is 0. The molecule has 2 rings (SSSR count). The molecule has 0 spiro atoms. The topological polar surface area (TPSA) is 37.8 Å². The van der Waals surface area contributed by atoms with Crippen LogP contribution in [0.4, 0.5) is 0 Å². The molecule has 0 amide bonds. The maximum Gasteiger partial charge on any atom is 0.175 e. The highest BCUT2D eigenvalue weighted by Gasteiger charge is 2.16. The minimum Gasteiger partial charge on any atom is -0.313 e. The van der Waals surface area contributed by atoms with Crippen molar-refractivity contribution in [2.75, 3.05) is 12.8 Å². The molecule has 1 aliphatic carbocycles. The van der Waals surface area contributed by atoms with Crippen molar-refractivity contribution in [3.05, 3.63) is 0 Å². The molecule has 1 heterocycles. The molecule has 1 atom stereocenters. The molecule has 1 aromatic heterocycles. The summed E-state index contributed by atoms with van der Waals surface area (Å²) < 4.78 is 2.15. The molecule has 0 bridgehead atoms. The zero-order valence-electron chi connectivity index (χ0n) is 10.3. The first-order valence-electron chi connectivity index (χ1n) is 6.05. The van der Waals surface area contributed by atoms with E-state index in [0.29, 0.717) is 5.25 Å². The molecule has 0 aromatic carbocycles. The van der Waals surface area contributed by atoms with E-state index in [1.165, 1.54) is 25.7 Å². The minimum atomic E-state index is 0.568. The highest BCUT2D eigenvalue weighted by molar-refractivity contribution is 8.03. The maximum absolute atomic E-state index is 4.19. The second kappa shape index (κ2) is 6.97. The molecule has 0 aliphatic heterocycles. The van der Waals surface area contributed by atoms with Gasteiger partial charge in [-0.1, -0.05) is 54.6 Å². The third-order valence-electron chi connectivity index (χ3n) is 2.91. The lowest BCUT2D eigenvalue weighted by atomic mass is 10.2. The fourth-order valence-electron chi connectivity index (χ4n) is 2.00. The lowest BCUT2D eigenvalue weighted by molar-refractivity contribution is 0.527. The Morgan fingerprint density at radius 1 is 1.35 bits per heavy atom. The van der Waals surface area contributed by atoms with E-state index < -0.39 is 0 Å². The summed E-state index contributed by atoms with van der Waals surface area (Å²) in [5.74, 6) is 0. The molecule has 1 N–H and O–H groups in total. The third kappa shape index (κ3) is 4.43. The molecule has 1 aliphatic rings. The third-order valence-corrected chi connectivity index (χ3v) is 6.00. The van der Waals surface area contributed by atoms with Crippen LogP contribution in [0.5, 0.6) is 0 Å². The predicted molar refractivity (Wildman–Crippen MR) is 77.3 cm³/mol. The van der Waals surface area contributed by atoms with Gasteiger partial charge in [0.2, 0.25) is 0 Å². The van der Waals surface area contributed by atoms with Gasteiger partial charge in [-0.25, -0.2) is 0 Å². The summed E-state index contributed by atoms with van der Waals surface area (Å²) in [4.78, 5) is 0. The molecule has 3 nitrogen and oxygen atoms in total. The SMILES string of the molecule is CSc1nnc(SC(C)CNC2CCCC2)s1. The van der Waals surface area contributed by atoms with Crippen LogP contribution in [0.15, 0.2) is 8.68 Å². The smallest absolute Gasteiger partial charge is 0.175 e. The lowest BCUT2D eigenvalue weighted by Gasteiger charge is -2.15. The van der Waals surface area contributed by atoms with E-state index in [9.17, 15) is 0 Å². The van der Waals surface area contributed by atoms with Crippen molar-refractivity contribution in [1.29, 1.82) is 0 Å². The largest absolute Gasteiger partial charge is 0.313 e. The highest BCUT2D eigenvalue weighted by atomic mass is 32.2. The molecular weight excluding hydrogens is 270 g/mol. The fourth-order valence-corrected chi connectivity index (χ4v) is 4.70. The lowest BCUT2D eigenvalue weighted by Crippen LogP contribution is -2.31. The van der Waals surface area contributed by atoms with E-state index in [1.807, 2.05) is 18.0 Å². The zero-order chi connectivity index (χ0) is 12.1. The van der Waals surface area contributed by atoms with Crippen LogP contribution in [0.2, 0.25) is 0 Å². The molecule has 6 heteroatoms. The Bertz CT molecular complexity index is 336. The van der Waals surface area contributed by atoms with Crippen LogP contribution in [0.1, 0.15) is 32.6 Å². The average molecular weight is 289 g/mol. The van der Waals surface area contributed by atoms with Gasteiger partial charge in [-0.3, -0.25) is 0 Å². The van der Waals surface area contributed by atoms with E-state index in [2.05, 4.69) is 22.4 Å². The van der Waals surface area contributed by atoms with E-state index >= 15 is 0 Å². The first-order chi connectivity index (χ1) is 8.28. The summed E-state index contributed by atoms with van der Waals surface area (Å²) in [5, 5.41) is 12.5. The standard InChI is InChI=1S/C11H19N3S3/c1-8(7-12-9-5-3-4-6-9)16-11-14-13-10(15-2)17-11/h8-9,12H,3-7H2,1-2H3. The van der Waals surface area contributed by atoms with Gasteiger partial charge >= 0.3 is 0 Å². The van der Waals surface area contributed by atoms with Crippen molar-refractivity contribution in [1.82, 2.24) is 15.5 Å². The van der Waals surface area contributed by atoms with E-state index in [1.54, 1.807) is 23.1 Å². The molecule has 1 fully saturated rings. The van der Waals surface area contributed by atoms with Crippen LogP contribution in [-0.2, 0) is 0 Å². The van der Waals surface area contributed by atoms with E-state index in [4.69, 9.17) is 0 Å². The Hall–Kier alpha value is 0.220. The number of nitrogens with zero attached hydrogens (tertiary/aromatic N) is 2. The van der Waals surface area contributed by atoms with Crippen LogP contribution >= 0.6 is 34.9 Å². The van der Waals surface area contributed by atoms with Gasteiger partial charge in [-0.15, -0.1) is 10.2 Å². The van der Waals surface area contributed by atoms with Gasteiger partial charge in [-0.05, 0) is 19.1 Å². The quantitative estimate of drug-likeness (QED) is 0.814. The number of aromatic nitrogens is 2. The fraction of sp³-hybridized carbons (Fsp3) is 0.818. The summed E-state index contributed by atoms with van der Waals surface area (Å²) >= 11 is 5.19. The minimum absolute atomic E-state index is 0.568. The van der Waals surface area contributed by atoms with Crippen molar-refractivity contribution in [2.24, 2.45) is 0 Å². The van der Waals surface area contributed by atoms with E-state index in [0.717, 1.165) is 21.3 Å². The van der Waals surface area contributed by atoms with Crippen molar-refractivity contribution in [2.45, 2.75) is 52.6 Å². The predicted octanol–water partition coefficient (Wildman–Crippen LogP) is 3.27. The van der Waals surface area contributed by atoms with Gasteiger partial charge < -0.3 is 5.32 Å². The number of hydrogen-bond donors (Lipinski definition) is 1. The Kier molecular flexibility index (Phi) is 5.59. The van der Waals surface area contributed by atoms with Crippen LogP contribution in [0, 0.1) is 0 Å². The molecular formula is C11H19N3S3. The Balaban J connectivity index is 1.70. The molecule has 1 aromatic rings. The van der Waals surface area contributed by atoms with Crippen molar-refractivity contribution < 1.29 is 0 Å². The van der Waals surface area contributed by atoms with Crippen molar-refractivity contribution in [3.8, 4) is 0 Å². The number of thioether (sulfide) groups is 2.